The zero-order valence-electron chi connectivity index (χ0n) is 13.3. The second kappa shape index (κ2) is 6.61. The third-order valence-corrected chi connectivity index (χ3v) is 6.59. The van der Waals surface area contributed by atoms with Crippen LogP contribution >= 0.6 is 0 Å². The predicted octanol–water partition coefficient (Wildman–Crippen LogP) is 1.11. The summed E-state index contributed by atoms with van der Waals surface area (Å²) >= 11 is 0. The van der Waals surface area contributed by atoms with Crippen LogP contribution < -0.4 is 0 Å². The van der Waals surface area contributed by atoms with Crippen LogP contribution in [0.5, 0.6) is 0 Å². The van der Waals surface area contributed by atoms with Gasteiger partial charge in [0, 0.05) is 32.7 Å². The lowest BCUT2D eigenvalue weighted by Gasteiger charge is -2.36. The maximum atomic E-state index is 13.0. The van der Waals surface area contributed by atoms with Gasteiger partial charge in [0.15, 0.2) is 0 Å². The predicted molar refractivity (Wildman–Crippen MR) is 84.7 cm³/mol. The van der Waals surface area contributed by atoms with Crippen LogP contribution in [-0.2, 0) is 10.2 Å². The first kappa shape index (κ1) is 16.5. The summed E-state index contributed by atoms with van der Waals surface area (Å²) in [6, 6.07) is 5.66. The van der Waals surface area contributed by atoms with E-state index >= 15 is 0 Å². The molecule has 2 fully saturated rings. The van der Waals surface area contributed by atoms with Gasteiger partial charge in [-0.1, -0.05) is 0 Å². The molecule has 1 aromatic heterocycles. The van der Waals surface area contributed by atoms with Gasteiger partial charge in [-0.25, -0.2) is 0 Å². The van der Waals surface area contributed by atoms with Crippen LogP contribution in [0.15, 0.2) is 16.5 Å². The molecule has 0 aliphatic carbocycles. The van der Waals surface area contributed by atoms with Gasteiger partial charge in [0.2, 0.25) is 0 Å². The van der Waals surface area contributed by atoms with E-state index in [1.165, 1.54) is 4.31 Å². The number of furan rings is 1. The van der Waals surface area contributed by atoms with Gasteiger partial charge in [-0.15, -0.1) is 0 Å². The SMILES string of the molecule is Cc1ccc(C2CCCN2S(=O)(=O)N2CCN(CC#N)CC2)o1. The van der Waals surface area contributed by atoms with Crippen LogP contribution in [0, 0.1) is 18.3 Å². The Hall–Kier alpha value is -1.40. The maximum absolute atomic E-state index is 13.0. The third-order valence-electron chi connectivity index (χ3n) is 4.54. The minimum absolute atomic E-state index is 0.203. The minimum Gasteiger partial charge on any atom is -0.465 e. The Morgan fingerprint density at radius 3 is 2.61 bits per heavy atom. The highest BCUT2D eigenvalue weighted by molar-refractivity contribution is 7.86. The van der Waals surface area contributed by atoms with Crippen LogP contribution in [-0.4, -0.2) is 61.2 Å². The van der Waals surface area contributed by atoms with Crippen LogP contribution in [0.1, 0.15) is 30.4 Å². The molecular formula is C15H22N4O3S. The summed E-state index contributed by atoms with van der Waals surface area (Å²) in [5.41, 5.74) is 0. The van der Waals surface area contributed by atoms with E-state index in [0.29, 0.717) is 39.3 Å². The monoisotopic (exact) mass is 338 g/mol. The highest BCUT2D eigenvalue weighted by Crippen LogP contribution is 2.36. The lowest BCUT2D eigenvalue weighted by atomic mass is 10.2. The summed E-state index contributed by atoms with van der Waals surface area (Å²) in [5.74, 6) is 1.53. The van der Waals surface area contributed by atoms with E-state index in [2.05, 4.69) is 6.07 Å². The molecule has 1 atom stereocenters. The molecule has 126 valence electrons. The third kappa shape index (κ3) is 3.28. The number of nitrogens with zero attached hydrogens (tertiary/aromatic N) is 4. The second-order valence-electron chi connectivity index (χ2n) is 6.06. The van der Waals surface area contributed by atoms with Crippen LogP contribution in [0.4, 0.5) is 0 Å². The zero-order valence-corrected chi connectivity index (χ0v) is 14.1. The summed E-state index contributed by atoms with van der Waals surface area (Å²) in [5, 5.41) is 8.74. The van der Waals surface area contributed by atoms with Crippen molar-refractivity contribution in [3.8, 4) is 6.07 Å². The molecular weight excluding hydrogens is 316 g/mol. The summed E-state index contributed by atoms with van der Waals surface area (Å²) in [6.45, 7) is 4.83. The van der Waals surface area contributed by atoms with Crippen molar-refractivity contribution in [2.45, 2.75) is 25.8 Å². The smallest absolute Gasteiger partial charge is 0.282 e. The second-order valence-corrected chi connectivity index (χ2v) is 7.94. The number of hydrogen-bond acceptors (Lipinski definition) is 5. The summed E-state index contributed by atoms with van der Waals surface area (Å²) in [6.07, 6.45) is 1.64. The highest BCUT2D eigenvalue weighted by atomic mass is 32.2. The Morgan fingerprint density at radius 2 is 2.00 bits per heavy atom. The maximum Gasteiger partial charge on any atom is 0.282 e. The highest BCUT2D eigenvalue weighted by Gasteiger charge is 2.41. The molecule has 23 heavy (non-hydrogen) atoms. The Kier molecular flexibility index (Phi) is 4.73. The number of aryl methyl sites for hydroxylation is 1. The Balaban J connectivity index is 1.73. The number of piperazine rings is 1. The molecule has 3 heterocycles. The largest absolute Gasteiger partial charge is 0.465 e. The van der Waals surface area contributed by atoms with Crippen molar-refractivity contribution < 1.29 is 12.8 Å². The topological polar surface area (TPSA) is 80.8 Å². The Labute approximate surface area is 137 Å². The molecule has 2 aliphatic rings. The van der Waals surface area contributed by atoms with Crippen LogP contribution in [0.2, 0.25) is 0 Å². The molecule has 2 aliphatic heterocycles. The van der Waals surface area contributed by atoms with Crippen molar-refractivity contribution in [1.82, 2.24) is 13.5 Å². The zero-order chi connectivity index (χ0) is 16.4. The molecule has 0 saturated carbocycles. The molecule has 2 saturated heterocycles. The van der Waals surface area contributed by atoms with E-state index in [1.807, 2.05) is 24.0 Å². The van der Waals surface area contributed by atoms with E-state index < -0.39 is 10.2 Å². The molecule has 0 radical (unpaired) electrons. The number of hydrogen-bond donors (Lipinski definition) is 0. The van der Waals surface area contributed by atoms with Crippen molar-refractivity contribution in [1.29, 1.82) is 5.26 Å². The average molecular weight is 338 g/mol. The van der Waals surface area contributed by atoms with Crippen LogP contribution in [0.3, 0.4) is 0 Å². The van der Waals surface area contributed by atoms with Gasteiger partial charge < -0.3 is 4.42 Å². The lowest BCUT2D eigenvalue weighted by Crippen LogP contribution is -2.52. The Bertz CT molecular complexity index is 686. The molecule has 1 aromatic rings. The van der Waals surface area contributed by atoms with Crippen molar-refractivity contribution in [3.63, 3.8) is 0 Å². The van der Waals surface area contributed by atoms with Crippen molar-refractivity contribution >= 4 is 10.2 Å². The lowest BCUT2D eigenvalue weighted by molar-refractivity contribution is 0.194. The van der Waals surface area contributed by atoms with Gasteiger partial charge in [-0.2, -0.15) is 22.3 Å². The van der Waals surface area contributed by atoms with Gasteiger partial charge in [0.05, 0.1) is 18.7 Å². The van der Waals surface area contributed by atoms with Gasteiger partial charge in [-0.3, -0.25) is 4.90 Å². The average Bonchev–Trinajstić information content (AvgIpc) is 3.17. The van der Waals surface area contributed by atoms with E-state index in [4.69, 9.17) is 9.68 Å². The first-order valence-electron chi connectivity index (χ1n) is 7.95. The standard InChI is InChI=1S/C15H22N4O3S/c1-13-4-5-15(22-13)14-3-2-7-19(14)23(20,21)18-11-9-17(8-6-16)10-12-18/h4-5,14H,2-3,7-12H2,1H3. The fraction of sp³-hybridized carbons (Fsp3) is 0.667. The van der Waals surface area contributed by atoms with Crippen LogP contribution in [0.25, 0.3) is 0 Å². The first-order valence-corrected chi connectivity index (χ1v) is 9.34. The molecule has 1 unspecified atom stereocenters. The van der Waals surface area contributed by atoms with E-state index in [0.717, 1.165) is 24.4 Å². The molecule has 0 aromatic carbocycles. The van der Waals surface area contributed by atoms with Crippen molar-refractivity contribution in [2.24, 2.45) is 0 Å². The fourth-order valence-corrected chi connectivity index (χ4v) is 5.11. The molecule has 0 amide bonds. The van der Waals surface area contributed by atoms with Crippen molar-refractivity contribution in [2.75, 3.05) is 39.3 Å². The summed E-state index contributed by atoms with van der Waals surface area (Å²) < 4.78 is 34.7. The quantitative estimate of drug-likeness (QED) is 0.768. The summed E-state index contributed by atoms with van der Waals surface area (Å²) in [4.78, 5) is 1.98. The van der Waals surface area contributed by atoms with E-state index in [1.54, 1.807) is 4.31 Å². The minimum atomic E-state index is -3.49. The van der Waals surface area contributed by atoms with E-state index in [9.17, 15) is 8.42 Å². The number of rotatable bonds is 4. The van der Waals surface area contributed by atoms with E-state index in [-0.39, 0.29) is 6.04 Å². The fourth-order valence-electron chi connectivity index (χ4n) is 3.30. The van der Waals surface area contributed by atoms with Gasteiger partial charge in [0.25, 0.3) is 10.2 Å². The van der Waals surface area contributed by atoms with Crippen molar-refractivity contribution in [3.05, 3.63) is 23.7 Å². The first-order chi connectivity index (χ1) is 11.0. The molecule has 7 nitrogen and oxygen atoms in total. The molecule has 0 spiro atoms. The van der Waals surface area contributed by atoms with Gasteiger partial charge in [-0.05, 0) is 31.9 Å². The molecule has 0 bridgehead atoms. The molecule has 3 rings (SSSR count). The van der Waals surface area contributed by atoms with Gasteiger partial charge in [0.1, 0.15) is 11.5 Å². The number of nitriles is 1. The molecule has 8 heteroatoms. The normalized spacial score (nSPS) is 24.8. The molecule has 0 N–H and O–H groups in total. The summed E-state index contributed by atoms with van der Waals surface area (Å²) in [7, 11) is -3.49. The van der Waals surface area contributed by atoms with Gasteiger partial charge >= 0.3 is 0 Å². The Morgan fingerprint density at radius 1 is 1.26 bits per heavy atom.